The first-order valence-electron chi connectivity index (χ1n) is 8.99. The fourth-order valence-electron chi connectivity index (χ4n) is 1.83. The summed E-state index contributed by atoms with van der Waals surface area (Å²) >= 11 is 1.42. The van der Waals surface area contributed by atoms with Gasteiger partial charge in [-0.25, -0.2) is 0 Å². The van der Waals surface area contributed by atoms with Gasteiger partial charge < -0.3 is 8.92 Å². The van der Waals surface area contributed by atoms with Gasteiger partial charge >= 0.3 is 0 Å². The van der Waals surface area contributed by atoms with Crippen LogP contribution < -0.4 is 0 Å². The van der Waals surface area contributed by atoms with Gasteiger partial charge in [0.15, 0.2) is 0 Å². The molecule has 0 bridgehead atoms. The molecule has 0 radical (unpaired) electrons. The van der Waals surface area contributed by atoms with Crippen LogP contribution in [0.1, 0.15) is 31.4 Å². The van der Waals surface area contributed by atoms with E-state index in [0.717, 1.165) is 24.5 Å². The molecule has 0 aromatic heterocycles. The summed E-state index contributed by atoms with van der Waals surface area (Å²) in [7, 11) is 0. The maximum Gasteiger partial charge on any atom is 0.105 e. The average Bonchev–Trinajstić information content (AvgIpc) is 3.52. The molecule has 1 fully saturated rings. The Bertz CT molecular complexity index is 565. The predicted molar refractivity (Wildman–Crippen MR) is 115 cm³/mol. The van der Waals surface area contributed by atoms with Crippen LogP contribution in [-0.2, 0) is 8.92 Å². The number of hydrogen-bond acceptors (Lipinski definition) is 3. The highest BCUT2D eigenvalue weighted by molar-refractivity contribution is 7.94. The van der Waals surface area contributed by atoms with Crippen molar-refractivity contribution >= 4 is 17.6 Å². The Hall–Kier alpha value is -1.81. The van der Waals surface area contributed by atoms with Gasteiger partial charge in [-0.1, -0.05) is 93.6 Å². The number of rotatable bonds is 7. The third-order valence-corrected chi connectivity index (χ3v) is 3.84. The molecule has 3 heteroatoms. The van der Waals surface area contributed by atoms with Gasteiger partial charge in [-0.05, 0) is 28.7 Å². The summed E-state index contributed by atoms with van der Waals surface area (Å²) < 4.78 is 10.0. The highest BCUT2D eigenvalue weighted by Crippen LogP contribution is 2.20. The third-order valence-electron chi connectivity index (χ3n) is 3.17. The van der Waals surface area contributed by atoms with Crippen LogP contribution in [-0.4, -0.2) is 25.1 Å². The number of benzene rings is 2. The molecule has 26 heavy (non-hydrogen) atoms. The molecule has 140 valence electrons. The lowest BCUT2D eigenvalue weighted by molar-refractivity contribution is 0.296. The minimum Gasteiger partial charge on any atom is -0.371 e. The monoisotopic (exact) mass is 370 g/mol. The molecule has 1 aliphatic heterocycles. The summed E-state index contributed by atoms with van der Waals surface area (Å²) in [6.45, 7) is 13.5. The molecule has 2 nitrogen and oxygen atoms in total. The lowest BCUT2D eigenvalue weighted by atomic mass is 10.0. The van der Waals surface area contributed by atoms with E-state index < -0.39 is 0 Å². The van der Waals surface area contributed by atoms with Crippen molar-refractivity contribution in [2.45, 2.75) is 26.4 Å². The fourth-order valence-corrected chi connectivity index (χ4v) is 2.27. The van der Waals surface area contributed by atoms with Gasteiger partial charge in [0, 0.05) is 5.75 Å². The topological polar surface area (TPSA) is 21.8 Å². The highest BCUT2D eigenvalue weighted by atomic mass is 32.2. The van der Waals surface area contributed by atoms with Crippen LogP contribution in [0.5, 0.6) is 0 Å². The van der Waals surface area contributed by atoms with Crippen molar-refractivity contribution in [2.75, 3.05) is 19.0 Å². The lowest BCUT2D eigenvalue weighted by Crippen LogP contribution is -1.94. The number of hydrogen-bond donors (Lipinski definition) is 0. The molecule has 1 heterocycles. The molecule has 0 amide bonds. The zero-order valence-electron chi connectivity index (χ0n) is 15.9. The summed E-state index contributed by atoms with van der Waals surface area (Å²) in [6.07, 6.45) is 3.45. The van der Waals surface area contributed by atoms with Crippen molar-refractivity contribution in [1.82, 2.24) is 0 Å². The van der Waals surface area contributed by atoms with Crippen LogP contribution in [0.3, 0.4) is 0 Å². The maximum atomic E-state index is 5.12. The van der Waals surface area contributed by atoms with Crippen molar-refractivity contribution in [3.63, 3.8) is 0 Å². The van der Waals surface area contributed by atoms with E-state index in [4.69, 9.17) is 8.92 Å². The van der Waals surface area contributed by atoms with Crippen molar-refractivity contribution in [2.24, 2.45) is 0 Å². The van der Waals surface area contributed by atoms with Crippen LogP contribution in [0.15, 0.2) is 79.9 Å². The van der Waals surface area contributed by atoms with Gasteiger partial charge in [0.1, 0.15) is 6.10 Å². The van der Waals surface area contributed by atoms with E-state index in [1.165, 1.54) is 29.6 Å². The minimum absolute atomic E-state index is 0.377. The van der Waals surface area contributed by atoms with Gasteiger partial charge in [0.05, 0.1) is 13.2 Å². The first kappa shape index (κ1) is 22.2. The van der Waals surface area contributed by atoms with E-state index >= 15 is 0 Å². The van der Waals surface area contributed by atoms with E-state index in [1.54, 1.807) is 0 Å². The van der Waals surface area contributed by atoms with Crippen molar-refractivity contribution in [3.05, 3.63) is 91.0 Å². The maximum absolute atomic E-state index is 5.12. The Morgan fingerprint density at radius 1 is 1.08 bits per heavy atom. The van der Waals surface area contributed by atoms with Crippen LogP contribution in [0, 0.1) is 0 Å². The highest BCUT2D eigenvalue weighted by Gasteiger charge is 2.22. The molecular formula is C23H30O2S. The van der Waals surface area contributed by atoms with Crippen LogP contribution in [0.2, 0.25) is 0 Å². The quantitative estimate of drug-likeness (QED) is 0.244. The Morgan fingerprint density at radius 2 is 1.54 bits per heavy atom. The fraction of sp³-hybridized carbons (Fsp3) is 0.304. The minimum atomic E-state index is 0.377. The second-order valence-corrected chi connectivity index (χ2v) is 6.54. The molecule has 1 unspecified atom stereocenters. The van der Waals surface area contributed by atoms with E-state index in [2.05, 4.69) is 51.3 Å². The van der Waals surface area contributed by atoms with E-state index in [9.17, 15) is 0 Å². The summed E-state index contributed by atoms with van der Waals surface area (Å²) in [4.78, 5) is 0. The predicted octanol–water partition coefficient (Wildman–Crippen LogP) is 6.40. The van der Waals surface area contributed by atoms with Crippen LogP contribution in [0.25, 0.3) is 5.57 Å². The van der Waals surface area contributed by atoms with Gasteiger partial charge in [-0.2, -0.15) is 0 Å². The Morgan fingerprint density at radius 3 is 1.92 bits per heavy atom. The molecule has 1 saturated heterocycles. The number of ether oxygens (including phenoxy) is 1. The van der Waals surface area contributed by atoms with Gasteiger partial charge in [0.2, 0.25) is 0 Å². The third kappa shape index (κ3) is 10.2. The normalized spacial score (nSPS) is 14.2. The molecule has 0 N–H and O–H groups in total. The van der Waals surface area contributed by atoms with Crippen molar-refractivity contribution in [1.29, 1.82) is 0 Å². The molecule has 0 spiro atoms. The molecule has 3 rings (SSSR count). The molecular weight excluding hydrogens is 340 g/mol. The zero-order chi connectivity index (χ0) is 19.0. The second kappa shape index (κ2) is 14.4. The molecule has 1 aliphatic rings. The standard InChI is InChI=1S/C14H12.C6H10O2S.C3H8/c1-12(13-8-4-2-5-9-13)14-10-6-3-7-11-14;1-2-3-9-8-5-6-4-7-6;1-3-2/h2-11H,1H2;2,6H,1,3-5H2;3H2,1-2H3. The molecule has 1 atom stereocenters. The zero-order valence-corrected chi connectivity index (χ0v) is 16.7. The first-order chi connectivity index (χ1) is 12.7. The molecule has 0 aliphatic carbocycles. The smallest absolute Gasteiger partial charge is 0.105 e. The molecule has 2 aromatic carbocycles. The first-order valence-corrected chi connectivity index (χ1v) is 9.90. The SMILES string of the molecule is C=C(c1ccccc1)c1ccccc1.C=CCSOCC1CO1.CCC. The second-order valence-electron chi connectivity index (χ2n) is 5.73. The summed E-state index contributed by atoms with van der Waals surface area (Å²) in [5.41, 5.74) is 3.43. The van der Waals surface area contributed by atoms with E-state index in [-0.39, 0.29) is 0 Å². The van der Waals surface area contributed by atoms with Gasteiger partial charge in [-0.3, -0.25) is 0 Å². The van der Waals surface area contributed by atoms with Crippen molar-refractivity contribution in [3.8, 4) is 0 Å². The largest absolute Gasteiger partial charge is 0.371 e. The van der Waals surface area contributed by atoms with Gasteiger partial charge in [0.25, 0.3) is 0 Å². The van der Waals surface area contributed by atoms with Crippen molar-refractivity contribution < 1.29 is 8.92 Å². The Balaban J connectivity index is 0.000000243. The van der Waals surface area contributed by atoms with E-state index in [0.29, 0.717) is 6.10 Å². The van der Waals surface area contributed by atoms with E-state index in [1.807, 2.05) is 42.5 Å². The molecule has 2 aromatic rings. The summed E-state index contributed by atoms with van der Waals surface area (Å²) in [5, 5.41) is 0. The molecule has 0 saturated carbocycles. The summed E-state index contributed by atoms with van der Waals surface area (Å²) in [5.74, 6) is 0.854. The summed E-state index contributed by atoms with van der Waals surface area (Å²) in [6, 6.07) is 20.5. The van der Waals surface area contributed by atoms with Crippen LogP contribution in [0.4, 0.5) is 0 Å². The average molecular weight is 371 g/mol. The van der Waals surface area contributed by atoms with Gasteiger partial charge in [-0.15, -0.1) is 6.58 Å². The Kier molecular flexibility index (Phi) is 12.3. The number of epoxide rings is 1. The Labute approximate surface area is 163 Å². The van der Waals surface area contributed by atoms with Crippen LogP contribution >= 0.6 is 12.0 Å². The lowest BCUT2D eigenvalue weighted by Gasteiger charge is -2.04.